The second-order valence-corrected chi connectivity index (χ2v) is 7.55. The van der Waals surface area contributed by atoms with E-state index in [0.29, 0.717) is 0 Å². The Morgan fingerprint density at radius 2 is 1.71 bits per heavy atom. The van der Waals surface area contributed by atoms with Gasteiger partial charge in [0.15, 0.2) is 0 Å². The van der Waals surface area contributed by atoms with Crippen LogP contribution in [0.25, 0.3) is 0 Å². The van der Waals surface area contributed by atoms with Crippen molar-refractivity contribution in [3.05, 3.63) is 58.4 Å². The van der Waals surface area contributed by atoms with Gasteiger partial charge in [-0.05, 0) is 54.3 Å². The number of hydrogen-bond acceptors (Lipinski definition) is 1. The van der Waals surface area contributed by atoms with E-state index in [0.717, 1.165) is 22.8 Å². The highest BCUT2D eigenvalue weighted by atomic mass is 35.5. The maximum Gasteiger partial charge on any atom is 0.124 e. The largest absolute Gasteiger partial charge is 0.207 e. The van der Waals surface area contributed by atoms with E-state index in [9.17, 15) is 4.39 Å². The summed E-state index contributed by atoms with van der Waals surface area (Å²) < 4.78 is 13.7. The molecule has 1 heterocycles. The van der Waals surface area contributed by atoms with Crippen molar-refractivity contribution in [2.75, 3.05) is 0 Å². The van der Waals surface area contributed by atoms with Gasteiger partial charge in [-0.15, -0.1) is 0 Å². The lowest BCUT2D eigenvalue weighted by atomic mass is 9.65. The molecule has 1 aliphatic heterocycles. The Morgan fingerprint density at radius 1 is 0.905 bits per heavy atom. The lowest BCUT2D eigenvalue weighted by molar-refractivity contribution is 0.335. The number of halogens is 2. The molecule has 0 amide bonds. The van der Waals surface area contributed by atoms with Crippen LogP contribution in [0.5, 0.6) is 0 Å². The third-order valence-corrected chi connectivity index (χ3v) is 6.21. The SMILES string of the molecule is Fc1ccc2c(c1)Sc1ccc(Cl)cc1C21CCCCC1. The Morgan fingerprint density at radius 3 is 2.52 bits per heavy atom. The highest BCUT2D eigenvalue weighted by molar-refractivity contribution is 7.99. The minimum Gasteiger partial charge on any atom is -0.207 e. The average Bonchev–Trinajstić information content (AvgIpc) is 2.49. The van der Waals surface area contributed by atoms with Crippen LogP contribution in [-0.2, 0) is 5.41 Å². The van der Waals surface area contributed by atoms with Gasteiger partial charge in [0.05, 0.1) is 0 Å². The molecule has 0 bridgehead atoms. The van der Waals surface area contributed by atoms with E-state index in [-0.39, 0.29) is 11.2 Å². The van der Waals surface area contributed by atoms with Crippen LogP contribution in [0.2, 0.25) is 5.02 Å². The van der Waals surface area contributed by atoms with Crippen molar-refractivity contribution in [2.45, 2.75) is 47.3 Å². The zero-order valence-electron chi connectivity index (χ0n) is 11.7. The highest BCUT2D eigenvalue weighted by Crippen LogP contribution is 2.55. The summed E-state index contributed by atoms with van der Waals surface area (Å²) in [7, 11) is 0. The fourth-order valence-electron chi connectivity index (χ4n) is 3.90. The zero-order valence-corrected chi connectivity index (χ0v) is 13.2. The Hall–Kier alpha value is -0.990. The van der Waals surface area contributed by atoms with Crippen LogP contribution in [-0.4, -0.2) is 0 Å². The van der Waals surface area contributed by atoms with E-state index in [2.05, 4.69) is 12.1 Å². The van der Waals surface area contributed by atoms with Gasteiger partial charge in [0.2, 0.25) is 0 Å². The van der Waals surface area contributed by atoms with Crippen LogP contribution < -0.4 is 0 Å². The van der Waals surface area contributed by atoms with E-state index in [4.69, 9.17) is 11.6 Å². The summed E-state index contributed by atoms with van der Waals surface area (Å²) in [6, 6.07) is 11.4. The average molecular weight is 319 g/mol. The normalized spacial score (nSPS) is 19.1. The molecule has 0 radical (unpaired) electrons. The molecular weight excluding hydrogens is 303 g/mol. The molecule has 0 atom stereocenters. The van der Waals surface area contributed by atoms with Crippen LogP contribution in [0.15, 0.2) is 46.2 Å². The second-order valence-electron chi connectivity index (χ2n) is 6.03. The molecule has 21 heavy (non-hydrogen) atoms. The number of fused-ring (bicyclic) bond motifs is 4. The third kappa shape index (κ3) is 2.11. The van der Waals surface area contributed by atoms with E-state index in [1.165, 1.54) is 35.3 Å². The topological polar surface area (TPSA) is 0 Å². The Bertz CT molecular complexity index is 704. The molecule has 2 aromatic carbocycles. The van der Waals surface area contributed by atoms with E-state index in [1.807, 2.05) is 12.1 Å². The van der Waals surface area contributed by atoms with Crippen molar-refractivity contribution in [1.82, 2.24) is 0 Å². The molecule has 2 aliphatic rings. The first-order valence-electron chi connectivity index (χ1n) is 7.47. The standard InChI is InChI=1S/C18H16ClFS/c19-12-4-7-16-15(10-12)18(8-2-1-3-9-18)14-6-5-13(20)11-17(14)21-16/h4-7,10-11H,1-3,8-9H2. The molecule has 1 saturated carbocycles. The quantitative estimate of drug-likeness (QED) is 0.557. The molecule has 108 valence electrons. The lowest BCUT2D eigenvalue weighted by Gasteiger charge is -2.43. The maximum absolute atomic E-state index is 13.7. The van der Waals surface area contributed by atoms with Gasteiger partial charge >= 0.3 is 0 Å². The van der Waals surface area contributed by atoms with Gasteiger partial charge in [0.25, 0.3) is 0 Å². The molecule has 1 fully saturated rings. The second kappa shape index (κ2) is 5.03. The van der Waals surface area contributed by atoms with E-state index in [1.54, 1.807) is 23.9 Å². The summed E-state index contributed by atoms with van der Waals surface area (Å²) in [5, 5.41) is 0.796. The predicted octanol–water partition coefficient (Wildman–Crippen LogP) is 6.19. The van der Waals surface area contributed by atoms with Crippen LogP contribution in [0.1, 0.15) is 43.2 Å². The first kappa shape index (κ1) is 13.7. The summed E-state index contributed by atoms with van der Waals surface area (Å²) in [6.07, 6.45) is 6.03. The van der Waals surface area contributed by atoms with E-state index < -0.39 is 0 Å². The molecule has 3 heteroatoms. The highest BCUT2D eigenvalue weighted by Gasteiger charge is 2.41. The Balaban J connectivity index is 1.98. The van der Waals surface area contributed by atoms with Crippen molar-refractivity contribution in [3.8, 4) is 0 Å². The van der Waals surface area contributed by atoms with Crippen molar-refractivity contribution in [2.24, 2.45) is 0 Å². The van der Waals surface area contributed by atoms with Gasteiger partial charge in [-0.3, -0.25) is 0 Å². The van der Waals surface area contributed by atoms with Crippen molar-refractivity contribution in [3.63, 3.8) is 0 Å². The van der Waals surface area contributed by atoms with Gasteiger partial charge in [-0.2, -0.15) is 0 Å². The fourth-order valence-corrected chi connectivity index (χ4v) is 5.35. The van der Waals surface area contributed by atoms with Crippen molar-refractivity contribution >= 4 is 23.4 Å². The number of hydrogen-bond donors (Lipinski definition) is 0. The van der Waals surface area contributed by atoms with E-state index >= 15 is 0 Å². The fraction of sp³-hybridized carbons (Fsp3) is 0.333. The first-order valence-corrected chi connectivity index (χ1v) is 8.66. The van der Waals surface area contributed by atoms with Gasteiger partial charge in [-0.1, -0.05) is 48.7 Å². The summed E-state index contributed by atoms with van der Waals surface area (Å²) >= 11 is 7.94. The van der Waals surface area contributed by atoms with Gasteiger partial charge < -0.3 is 0 Å². The smallest absolute Gasteiger partial charge is 0.124 e. The molecule has 0 saturated heterocycles. The molecule has 4 rings (SSSR count). The summed E-state index contributed by atoms with van der Waals surface area (Å²) in [6.45, 7) is 0. The molecule has 1 aliphatic carbocycles. The number of benzene rings is 2. The monoisotopic (exact) mass is 318 g/mol. The molecule has 1 spiro atoms. The molecule has 0 nitrogen and oxygen atoms in total. The predicted molar refractivity (Wildman–Crippen MR) is 85.8 cm³/mol. The Labute approximate surface area is 133 Å². The van der Waals surface area contributed by atoms with Crippen molar-refractivity contribution < 1.29 is 4.39 Å². The summed E-state index contributed by atoms with van der Waals surface area (Å²) in [5.41, 5.74) is 2.68. The van der Waals surface area contributed by atoms with Crippen LogP contribution in [0, 0.1) is 5.82 Å². The number of rotatable bonds is 0. The zero-order chi connectivity index (χ0) is 14.4. The Kier molecular flexibility index (Phi) is 3.27. The van der Waals surface area contributed by atoms with Gasteiger partial charge in [-0.25, -0.2) is 4.39 Å². The van der Waals surface area contributed by atoms with Crippen LogP contribution in [0.3, 0.4) is 0 Å². The van der Waals surface area contributed by atoms with Crippen LogP contribution >= 0.6 is 23.4 Å². The van der Waals surface area contributed by atoms with Crippen LogP contribution in [0.4, 0.5) is 4.39 Å². The van der Waals surface area contributed by atoms with Gasteiger partial charge in [0, 0.05) is 20.2 Å². The third-order valence-electron chi connectivity index (χ3n) is 4.84. The first-order chi connectivity index (χ1) is 10.2. The maximum atomic E-state index is 13.7. The van der Waals surface area contributed by atoms with Gasteiger partial charge in [0.1, 0.15) is 5.82 Å². The molecule has 0 unspecified atom stereocenters. The van der Waals surface area contributed by atoms with Crippen molar-refractivity contribution in [1.29, 1.82) is 0 Å². The minimum atomic E-state index is -0.148. The minimum absolute atomic E-state index is 0.0345. The summed E-state index contributed by atoms with van der Waals surface area (Å²) in [5.74, 6) is -0.148. The molecule has 0 N–H and O–H groups in total. The summed E-state index contributed by atoms with van der Waals surface area (Å²) in [4.78, 5) is 2.31. The molecule has 2 aromatic rings. The lowest BCUT2D eigenvalue weighted by Crippen LogP contribution is -2.33. The molecule has 0 aromatic heterocycles. The molecular formula is C18H16ClFS.